The molecule has 0 fully saturated rings. The van der Waals surface area contributed by atoms with Crippen molar-refractivity contribution in [3.05, 3.63) is 34.9 Å². The first kappa shape index (κ1) is 15.0. The number of nitrogens with one attached hydrogen (secondary N) is 1. The van der Waals surface area contributed by atoms with Crippen LogP contribution in [0.25, 0.3) is 0 Å². The van der Waals surface area contributed by atoms with Gasteiger partial charge in [-0.15, -0.1) is 0 Å². The largest absolute Gasteiger partial charge is 0.478 e. The molecule has 19 heavy (non-hydrogen) atoms. The molecular weight excluding hydrogens is 246 g/mol. The maximum Gasteiger partial charge on any atom is 0.407 e. The molecule has 5 heteroatoms. The minimum absolute atomic E-state index is 0.128. The minimum atomic E-state index is -1.01. The van der Waals surface area contributed by atoms with E-state index in [0.29, 0.717) is 5.56 Å². The molecule has 104 valence electrons. The molecule has 1 aromatic rings. The molecule has 0 saturated heterocycles. The molecule has 0 radical (unpaired) electrons. The lowest BCUT2D eigenvalue weighted by Gasteiger charge is -2.20. The second-order valence-electron chi connectivity index (χ2n) is 5.26. The fourth-order valence-corrected chi connectivity index (χ4v) is 1.61. The number of carboxylic acids is 1. The predicted octanol–water partition coefficient (Wildman–Crippen LogP) is 2.72. The number of rotatable bonds is 3. The Bertz CT molecular complexity index is 489. The van der Waals surface area contributed by atoms with Gasteiger partial charge < -0.3 is 15.2 Å². The van der Waals surface area contributed by atoms with Crippen molar-refractivity contribution >= 4 is 12.1 Å². The summed E-state index contributed by atoms with van der Waals surface area (Å²) in [4.78, 5) is 22.6. The van der Waals surface area contributed by atoms with Crippen molar-refractivity contribution in [1.82, 2.24) is 5.32 Å². The number of benzene rings is 1. The van der Waals surface area contributed by atoms with E-state index in [1.165, 1.54) is 6.07 Å². The highest BCUT2D eigenvalue weighted by molar-refractivity contribution is 5.89. The third-order valence-corrected chi connectivity index (χ3v) is 2.45. The fraction of sp³-hybridized carbons (Fsp3) is 0.429. The van der Waals surface area contributed by atoms with Crippen LogP contribution >= 0.6 is 0 Å². The number of amides is 1. The summed E-state index contributed by atoms with van der Waals surface area (Å²) in [5.74, 6) is -1.01. The molecule has 0 aliphatic carbocycles. The van der Waals surface area contributed by atoms with Crippen LogP contribution in [0, 0.1) is 6.92 Å². The standard InChI is InChI=1S/C14H19NO4/c1-9-6-5-7-10(12(16)17)11(9)8-15-13(18)19-14(2,3)4/h5-7H,8H2,1-4H3,(H,15,18)(H,16,17). The summed E-state index contributed by atoms with van der Waals surface area (Å²) < 4.78 is 5.10. The Labute approximate surface area is 112 Å². The Morgan fingerprint density at radius 1 is 1.32 bits per heavy atom. The molecular formula is C14H19NO4. The van der Waals surface area contributed by atoms with Gasteiger partial charge >= 0.3 is 12.1 Å². The van der Waals surface area contributed by atoms with Crippen molar-refractivity contribution in [3.63, 3.8) is 0 Å². The first-order chi connectivity index (χ1) is 8.70. The first-order valence-electron chi connectivity index (χ1n) is 5.99. The normalized spacial score (nSPS) is 10.9. The van der Waals surface area contributed by atoms with Crippen molar-refractivity contribution in [2.24, 2.45) is 0 Å². The zero-order chi connectivity index (χ0) is 14.6. The van der Waals surface area contributed by atoms with Crippen LogP contribution in [0.1, 0.15) is 42.3 Å². The molecule has 0 spiro atoms. The summed E-state index contributed by atoms with van der Waals surface area (Å²) in [5.41, 5.74) is 1.01. The zero-order valence-electron chi connectivity index (χ0n) is 11.6. The van der Waals surface area contributed by atoms with Gasteiger partial charge in [0.2, 0.25) is 0 Å². The van der Waals surface area contributed by atoms with Crippen molar-refractivity contribution in [2.75, 3.05) is 0 Å². The van der Waals surface area contributed by atoms with Gasteiger partial charge in [-0.05, 0) is 44.9 Å². The Morgan fingerprint density at radius 2 is 1.95 bits per heavy atom. The predicted molar refractivity (Wildman–Crippen MR) is 71.2 cm³/mol. The summed E-state index contributed by atoms with van der Waals surface area (Å²) >= 11 is 0. The third-order valence-electron chi connectivity index (χ3n) is 2.45. The van der Waals surface area contributed by atoms with Crippen LogP contribution < -0.4 is 5.32 Å². The summed E-state index contributed by atoms with van der Waals surface area (Å²) in [6.07, 6.45) is -0.563. The van der Waals surface area contributed by atoms with E-state index in [4.69, 9.17) is 9.84 Å². The molecule has 0 saturated carbocycles. The van der Waals surface area contributed by atoms with Crippen LogP contribution in [0.3, 0.4) is 0 Å². The number of hydrogen-bond acceptors (Lipinski definition) is 3. The Morgan fingerprint density at radius 3 is 2.47 bits per heavy atom. The molecule has 2 N–H and O–H groups in total. The molecule has 0 bridgehead atoms. The van der Waals surface area contributed by atoms with Crippen molar-refractivity contribution in [1.29, 1.82) is 0 Å². The van der Waals surface area contributed by atoms with Gasteiger partial charge in [-0.2, -0.15) is 0 Å². The molecule has 0 aliphatic heterocycles. The van der Waals surface area contributed by atoms with Gasteiger partial charge in [0.25, 0.3) is 0 Å². The number of alkyl carbamates (subject to hydrolysis) is 1. The van der Waals surface area contributed by atoms with Gasteiger partial charge in [-0.3, -0.25) is 0 Å². The number of carbonyl (C=O) groups is 2. The number of hydrogen-bond donors (Lipinski definition) is 2. The van der Waals surface area contributed by atoms with E-state index in [2.05, 4.69) is 5.32 Å². The van der Waals surface area contributed by atoms with Crippen molar-refractivity contribution < 1.29 is 19.4 Å². The van der Waals surface area contributed by atoms with E-state index in [1.54, 1.807) is 39.8 Å². The van der Waals surface area contributed by atoms with Gasteiger partial charge in [0, 0.05) is 6.54 Å². The van der Waals surface area contributed by atoms with Gasteiger partial charge in [0.05, 0.1) is 5.56 Å². The summed E-state index contributed by atoms with van der Waals surface area (Å²) in [5, 5.41) is 11.7. The number of aryl methyl sites for hydroxylation is 1. The SMILES string of the molecule is Cc1cccc(C(=O)O)c1CNC(=O)OC(C)(C)C. The summed E-state index contributed by atoms with van der Waals surface area (Å²) in [7, 11) is 0. The van der Waals surface area contributed by atoms with E-state index in [1.807, 2.05) is 0 Å². The second kappa shape index (κ2) is 5.73. The zero-order valence-corrected chi connectivity index (χ0v) is 11.6. The lowest BCUT2D eigenvalue weighted by atomic mass is 10.0. The molecule has 1 aromatic carbocycles. The minimum Gasteiger partial charge on any atom is -0.478 e. The average molecular weight is 265 g/mol. The van der Waals surface area contributed by atoms with E-state index in [9.17, 15) is 9.59 Å². The summed E-state index contributed by atoms with van der Waals surface area (Å²) in [6.45, 7) is 7.23. The van der Waals surface area contributed by atoms with E-state index in [-0.39, 0.29) is 12.1 Å². The highest BCUT2D eigenvalue weighted by atomic mass is 16.6. The molecule has 0 heterocycles. The lowest BCUT2D eigenvalue weighted by Crippen LogP contribution is -2.32. The molecule has 5 nitrogen and oxygen atoms in total. The smallest absolute Gasteiger partial charge is 0.407 e. The highest BCUT2D eigenvalue weighted by Crippen LogP contribution is 2.14. The molecule has 0 aliphatic rings. The number of carboxylic acid groups (broad SMARTS) is 1. The van der Waals surface area contributed by atoms with Crippen molar-refractivity contribution in [2.45, 2.75) is 39.8 Å². The number of aromatic carboxylic acids is 1. The lowest BCUT2D eigenvalue weighted by molar-refractivity contribution is 0.0520. The monoisotopic (exact) mass is 265 g/mol. The Balaban J connectivity index is 2.78. The summed E-state index contributed by atoms with van der Waals surface area (Å²) in [6, 6.07) is 5.00. The van der Waals surface area contributed by atoms with Gasteiger partial charge in [0.1, 0.15) is 5.60 Å². The number of ether oxygens (including phenoxy) is 1. The van der Waals surface area contributed by atoms with Crippen LogP contribution in [0.15, 0.2) is 18.2 Å². The van der Waals surface area contributed by atoms with Gasteiger partial charge in [0.15, 0.2) is 0 Å². The first-order valence-corrected chi connectivity index (χ1v) is 5.99. The van der Waals surface area contributed by atoms with Crippen LogP contribution in [0.2, 0.25) is 0 Å². The van der Waals surface area contributed by atoms with Gasteiger partial charge in [-0.1, -0.05) is 12.1 Å². The third kappa shape index (κ3) is 4.62. The second-order valence-corrected chi connectivity index (χ2v) is 5.26. The Kier molecular flexibility index (Phi) is 4.53. The Hall–Kier alpha value is -2.04. The molecule has 0 unspecified atom stereocenters. The average Bonchev–Trinajstić information content (AvgIpc) is 2.24. The van der Waals surface area contributed by atoms with E-state index in [0.717, 1.165) is 5.56 Å². The van der Waals surface area contributed by atoms with Gasteiger partial charge in [-0.25, -0.2) is 9.59 Å². The van der Waals surface area contributed by atoms with Crippen LogP contribution in [0.4, 0.5) is 4.79 Å². The topological polar surface area (TPSA) is 75.6 Å². The molecule has 0 atom stereocenters. The maximum atomic E-state index is 11.5. The molecule has 1 amide bonds. The highest BCUT2D eigenvalue weighted by Gasteiger charge is 2.17. The van der Waals surface area contributed by atoms with E-state index >= 15 is 0 Å². The molecule has 1 rings (SSSR count). The van der Waals surface area contributed by atoms with Crippen LogP contribution in [0.5, 0.6) is 0 Å². The maximum absolute atomic E-state index is 11.5. The number of carbonyl (C=O) groups excluding carboxylic acids is 1. The van der Waals surface area contributed by atoms with Crippen molar-refractivity contribution in [3.8, 4) is 0 Å². The quantitative estimate of drug-likeness (QED) is 0.881. The van der Waals surface area contributed by atoms with Crippen LogP contribution in [-0.2, 0) is 11.3 Å². The van der Waals surface area contributed by atoms with Crippen LogP contribution in [-0.4, -0.2) is 22.8 Å². The van der Waals surface area contributed by atoms with E-state index < -0.39 is 17.7 Å². The fourth-order valence-electron chi connectivity index (χ4n) is 1.61. The molecule has 0 aromatic heterocycles.